The molecule has 0 spiro atoms. The Morgan fingerprint density at radius 1 is 1.29 bits per heavy atom. The minimum Gasteiger partial charge on any atom is -0.494 e. The third-order valence-electron chi connectivity index (χ3n) is 2.98. The van der Waals surface area contributed by atoms with Gasteiger partial charge in [0.05, 0.1) is 11.5 Å². The van der Waals surface area contributed by atoms with E-state index in [1.54, 1.807) is 24.2 Å². The molecule has 0 N–H and O–H groups in total. The van der Waals surface area contributed by atoms with Gasteiger partial charge in [-0.25, -0.2) is 4.98 Å². The van der Waals surface area contributed by atoms with Crippen LogP contribution in [0.3, 0.4) is 0 Å². The lowest BCUT2D eigenvalue weighted by Crippen LogP contribution is -2.18. The van der Waals surface area contributed by atoms with Gasteiger partial charge in [-0.3, -0.25) is 10.1 Å². The molecule has 0 aliphatic carbocycles. The summed E-state index contributed by atoms with van der Waals surface area (Å²) in [5.41, 5.74) is 1.03. The second-order valence-electron chi connectivity index (χ2n) is 4.54. The van der Waals surface area contributed by atoms with E-state index in [9.17, 15) is 10.1 Å². The molecule has 0 aliphatic rings. The molecule has 0 radical (unpaired) electrons. The molecule has 1 heterocycles. The number of hydrogen-bond donors (Lipinski definition) is 0. The molecule has 1 aromatic carbocycles. The summed E-state index contributed by atoms with van der Waals surface area (Å²) in [5.74, 6) is 1.17. The number of rotatable bonds is 6. The average Bonchev–Trinajstić information content (AvgIpc) is 2.49. The van der Waals surface area contributed by atoms with Crippen LogP contribution in [0.5, 0.6) is 5.75 Å². The lowest BCUT2D eigenvalue weighted by atomic mass is 10.2. The van der Waals surface area contributed by atoms with E-state index in [2.05, 4.69) is 4.98 Å². The van der Waals surface area contributed by atoms with Gasteiger partial charge in [0.2, 0.25) is 5.82 Å². The fraction of sp³-hybridized carbons (Fsp3) is 0.267. The van der Waals surface area contributed by atoms with Crippen LogP contribution >= 0.6 is 0 Å². The second kappa shape index (κ2) is 6.69. The summed E-state index contributed by atoms with van der Waals surface area (Å²) in [4.78, 5) is 16.5. The van der Waals surface area contributed by atoms with Gasteiger partial charge in [-0.15, -0.1) is 0 Å². The Labute approximate surface area is 123 Å². The fourth-order valence-electron chi connectivity index (χ4n) is 2.03. The van der Waals surface area contributed by atoms with Gasteiger partial charge in [0.15, 0.2) is 0 Å². The van der Waals surface area contributed by atoms with Crippen LogP contribution in [-0.2, 0) is 6.54 Å². The molecular weight excluding hydrogens is 270 g/mol. The van der Waals surface area contributed by atoms with E-state index in [-0.39, 0.29) is 5.69 Å². The van der Waals surface area contributed by atoms with Crippen LogP contribution in [0, 0.1) is 10.1 Å². The SMILES string of the molecule is CCOc1ccc(CN(C)c2ncccc2[N+](=O)[O-])cc1. The Kier molecular flexibility index (Phi) is 4.71. The molecule has 0 atom stereocenters. The number of nitro groups is 1. The molecule has 1 aromatic heterocycles. The van der Waals surface area contributed by atoms with Crippen molar-refractivity contribution >= 4 is 11.5 Å². The van der Waals surface area contributed by atoms with Crippen molar-refractivity contribution in [2.45, 2.75) is 13.5 Å². The van der Waals surface area contributed by atoms with Crippen LogP contribution in [-0.4, -0.2) is 23.6 Å². The van der Waals surface area contributed by atoms with E-state index in [0.717, 1.165) is 11.3 Å². The maximum atomic E-state index is 11.0. The van der Waals surface area contributed by atoms with Crippen LogP contribution < -0.4 is 9.64 Å². The summed E-state index contributed by atoms with van der Waals surface area (Å²) >= 11 is 0. The van der Waals surface area contributed by atoms with Gasteiger partial charge < -0.3 is 9.64 Å². The Balaban J connectivity index is 2.14. The smallest absolute Gasteiger partial charge is 0.311 e. The van der Waals surface area contributed by atoms with Crippen molar-refractivity contribution in [3.8, 4) is 5.75 Å². The van der Waals surface area contributed by atoms with Gasteiger partial charge in [-0.1, -0.05) is 12.1 Å². The van der Waals surface area contributed by atoms with E-state index in [1.165, 1.54) is 6.07 Å². The Morgan fingerprint density at radius 2 is 2.00 bits per heavy atom. The van der Waals surface area contributed by atoms with Gasteiger partial charge in [0.25, 0.3) is 0 Å². The highest BCUT2D eigenvalue weighted by Crippen LogP contribution is 2.25. The molecule has 0 saturated heterocycles. The number of nitrogens with zero attached hydrogens (tertiary/aromatic N) is 3. The highest BCUT2D eigenvalue weighted by atomic mass is 16.6. The first-order chi connectivity index (χ1) is 10.1. The lowest BCUT2D eigenvalue weighted by molar-refractivity contribution is -0.384. The Bertz CT molecular complexity index is 614. The van der Waals surface area contributed by atoms with E-state index in [0.29, 0.717) is 19.0 Å². The molecule has 2 aromatic rings. The van der Waals surface area contributed by atoms with Gasteiger partial charge >= 0.3 is 5.69 Å². The first kappa shape index (κ1) is 14.8. The van der Waals surface area contributed by atoms with Crippen LogP contribution in [0.15, 0.2) is 42.6 Å². The standard InChI is InChI=1S/C15H17N3O3/c1-3-21-13-8-6-12(7-9-13)11-17(2)15-14(18(19)20)5-4-10-16-15/h4-10H,3,11H2,1-2H3. The van der Waals surface area contributed by atoms with Crippen LogP contribution in [0.25, 0.3) is 0 Å². The third-order valence-corrected chi connectivity index (χ3v) is 2.98. The minimum absolute atomic E-state index is 0.00550. The number of ether oxygens (including phenoxy) is 1. The van der Waals surface area contributed by atoms with E-state index >= 15 is 0 Å². The Morgan fingerprint density at radius 3 is 2.62 bits per heavy atom. The number of aromatic nitrogens is 1. The van der Waals surface area contributed by atoms with E-state index in [1.807, 2.05) is 31.2 Å². The largest absolute Gasteiger partial charge is 0.494 e. The molecule has 0 aliphatic heterocycles. The second-order valence-corrected chi connectivity index (χ2v) is 4.54. The molecule has 6 heteroatoms. The third kappa shape index (κ3) is 3.68. The monoisotopic (exact) mass is 287 g/mol. The van der Waals surface area contributed by atoms with Gasteiger partial charge in [-0.2, -0.15) is 0 Å². The van der Waals surface area contributed by atoms with E-state index in [4.69, 9.17) is 4.74 Å². The zero-order valence-corrected chi connectivity index (χ0v) is 12.0. The van der Waals surface area contributed by atoms with Crippen molar-refractivity contribution in [1.29, 1.82) is 0 Å². The summed E-state index contributed by atoms with van der Waals surface area (Å²) in [6.45, 7) is 3.09. The number of benzene rings is 1. The van der Waals surface area contributed by atoms with Crippen molar-refractivity contribution in [3.05, 3.63) is 58.3 Å². The molecule has 0 bridgehead atoms. The van der Waals surface area contributed by atoms with Gasteiger partial charge in [0.1, 0.15) is 5.75 Å². The lowest BCUT2D eigenvalue weighted by Gasteiger charge is -2.18. The molecule has 2 rings (SSSR count). The van der Waals surface area contributed by atoms with Crippen molar-refractivity contribution < 1.29 is 9.66 Å². The Hall–Kier alpha value is -2.63. The highest BCUT2D eigenvalue weighted by Gasteiger charge is 2.17. The van der Waals surface area contributed by atoms with Crippen LogP contribution in [0.2, 0.25) is 0 Å². The van der Waals surface area contributed by atoms with Gasteiger partial charge in [-0.05, 0) is 30.7 Å². The van der Waals surface area contributed by atoms with E-state index < -0.39 is 4.92 Å². The number of anilines is 1. The average molecular weight is 287 g/mol. The van der Waals surface area contributed by atoms with Crippen molar-refractivity contribution in [1.82, 2.24) is 4.98 Å². The van der Waals surface area contributed by atoms with Crippen molar-refractivity contribution in [2.75, 3.05) is 18.6 Å². The molecule has 21 heavy (non-hydrogen) atoms. The minimum atomic E-state index is -0.420. The fourth-order valence-corrected chi connectivity index (χ4v) is 2.03. The quantitative estimate of drug-likeness (QED) is 0.603. The van der Waals surface area contributed by atoms with Crippen molar-refractivity contribution in [3.63, 3.8) is 0 Å². The summed E-state index contributed by atoms with van der Waals surface area (Å²) in [6, 6.07) is 10.7. The van der Waals surface area contributed by atoms with Gasteiger partial charge in [0, 0.05) is 25.9 Å². The normalized spacial score (nSPS) is 10.2. The summed E-state index contributed by atoms with van der Waals surface area (Å²) < 4.78 is 5.39. The van der Waals surface area contributed by atoms with Crippen LogP contribution in [0.1, 0.15) is 12.5 Å². The predicted octanol–water partition coefficient (Wildman–Crippen LogP) is 3.02. The predicted molar refractivity (Wildman–Crippen MR) is 80.6 cm³/mol. The molecular formula is C15H17N3O3. The molecule has 110 valence electrons. The summed E-state index contributed by atoms with van der Waals surface area (Å²) in [6.07, 6.45) is 1.55. The maximum Gasteiger partial charge on any atom is 0.311 e. The summed E-state index contributed by atoms with van der Waals surface area (Å²) in [5, 5.41) is 11.0. The topological polar surface area (TPSA) is 68.5 Å². The van der Waals surface area contributed by atoms with Crippen LogP contribution in [0.4, 0.5) is 11.5 Å². The molecule has 6 nitrogen and oxygen atoms in total. The number of hydrogen-bond acceptors (Lipinski definition) is 5. The summed E-state index contributed by atoms with van der Waals surface area (Å²) in [7, 11) is 1.78. The number of pyridine rings is 1. The highest BCUT2D eigenvalue weighted by molar-refractivity contribution is 5.57. The molecule has 0 unspecified atom stereocenters. The zero-order valence-electron chi connectivity index (χ0n) is 12.0. The zero-order chi connectivity index (χ0) is 15.2. The molecule has 0 saturated carbocycles. The first-order valence-electron chi connectivity index (χ1n) is 6.64. The first-order valence-corrected chi connectivity index (χ1v) is 6.64. The van der Waals surface area contributed by atoms with Crippen molar-refractivity contribution in [2.24, 2.45) is 0 Å². The molecule has 0 amide bonds. The maximum absolute atomic E-state index is 11.0. The molecule has 0 fully saturated rings.